The van der Waals surface area contributed by atoms with Crippen LogP contribution in [0.3, 0.4) is 0 Å². The van der Waals surface area contributed by atoms with Crippen LogP contribution in [0.15, 0.2) is 66.9 Å². The number of amides is 1. The molecular weight excluding hydrogens is 346 g/mol. The summed E-state index contributed by atoms with van der Waals surface area (Å²) in [5.74, 6) is -0.0335. The zero-order valence-electron chi connectivity index (χ0n) is 14.2. The van der Waals surface area contributed by atoms with Crippen LogP contribution >= 0.6 is 11.6 Å². The van der Waals surface area contributed by atoms with Crippen LogP contribution in [0.5, 0.6) is 0 Å². The Morgan fingerprint density at radius 3 is 2.62 bits per heavy atom. The van der Waals surface area contributed by atoms with Crippen molar-refractivity contribution in [1.29, 1.82) is 0 Å². The molecule has 0 radical (unpaired) electrons. The molecule has 4 nitrogen and oxygen atoms in total. The molecule has 1 amide bonds. The van der Waals surface area contributed by atoms with Crippen molar-refractivity contribution in [3.05, 3.63) is 88.7 Å². The maximum atomic E-state index is 12.7. The molecule has 0 saturated heterocycles. The molecule has 0 atom stereocenters. The number of carbonyl (C=O) groups excluding carboxylic acids is 1. The lowest BCUT2D eigenvalue weighted by Crippen LogP contribution is -2.36. The van der Waals surface area contributed by atoms with E-state index in [0.717, 1.165) is 24.3 Å². The lowest BCUT2D eigenvalue weighted by molar-refractivity contribution is 0.0729. The van der Waals surface area contributed by atoms with Crippen molar-refractivity contribution in [3.63, 3.8) is 0 Å². The molecule has 130 valence electrons. The van der Waals surface area contributed by atoms with Crippen molar-refractivity contribution in [1.82, 2.24) is 9.88 Å². The largest absolute Gasteiger partial charge is 0.354 e. The maximum absolute atomic E-state index is 12.7. The Labute approximate surface area is 157 Å². The zero-order valence-corrected chi connectivity index (χ0v) is 14.9. The fraction of sp³-hybridized carbons (Fsp3) is 0.143. The highest BCUT2D eigenvalue weighted by Crippen LogP contribution is 2.22. The molecule has 0 spiro atoms. The lowest BCUT2D eigenvalue weighted by Gasteiger charge is -2.28. The summed E-state index contributed by atoms with van der Waals surface area (Å²) in [4.78, 5) is 18.9. The highest BCUT2D eigenvalue weighted by molar-refractivity contribution is 6.30. The van der Waals surface area contributed by atoms with Crippen LogP contribution in [0.1, 0.15) is 21.6 Å². The van der Waals surface area contributed by atoms with E-state index in [4.69, 9.17) is 11.6 Å². The second kappa shape index (κ2) is 7.18. The van der Waals surface area contributed by atoms with E-state index in [-0.39, 0.29) is 5.91 Å². The van der Waals surface area contributed by atoms with Gasteiger partial charge in [0.15, 0.2) is 0 Å². The first-order chi connectivity index (χ1) is 12.7. The summed E-state index contributed by atoms with van der Waals surface area (Å²) in [6, 6.07) is 19.4. The minimum Gasteiger partial charge on any atom is -0.354 e. The van der Waals surface area contributed by atoms with Crippen molar-refractivity contribution >= 4 is 28.9 Å². The van der Waals surface area contributed by atoms with Gasteiger partial charge in [0.2, 0.25) is 0 Å². The number of pyridine rings is 1. The van der Waals surface area contributed by atoms with Gasteiger partial charge in [-0.15, -0.1) is 0 Å². The second-order valence-electron chi connectivity index (χ2n) is 6.31. The second-order valence-corrected chi connectivity index (χ2v) is 6.75. The van der Waals surface area contributed by atoms with E-state index in [9.17, 15) is 4.79 Å². The van der Waals surface area contributed by atoms with Crippen LogP contribution in [0.4, 0.5) is 11.4 Å². The normalized spacial score (nSPS) is 13.2. The summed E-state index contributed by atoms with van der Waals surface area (Å²) >= 11 is 5.99. The smallest absolute Gasteiger partial charge is 0.272 e. The van der Waals surface area contributed by atoms with Crippen molar-refractivity contribution < 1.29 is 4.79 Å². The Kier molecular flexibility index (Phi) is 4.59. The van der Waals surface area contributed by atoms with Gasteiger partial charge in [-0.05, 0) is 47.9 Å². The molecule has 4 rings (SSSR count). The molecule has 0 bridgehead atoms. The van der Waals surface area contributed by atoms with Gasteiger partial charge >= 0.3 is 0 Å². The first-order valence-electron chi connectivity index (χ1n) is 8.54. The van der Waals surface area contributed by atoms with Gasteiger partial charge < -0.3 is 10.2 Å². The standard InChI is InChI=1S/C21H18ClN3O/c22-17-6-3-7-18(12-17)24-19-8-9-20(23-13-19)21(26)25-11-10-15-4-1-2-5-16(15)14-25/h1-9,12-13,24H,10-11,14H2. The van der Waals surface area contributed by atoms with E-state index in [1.54, 1.807) is 12.3 Å². The van der Waals surface area contributed by atoms with Crippen LogP contribution in [0.2, 0.25) is 5.02 Å². The Bertz CT molecular complexity index is 940. The third-order valence-electron chi connectivity index (χ3n) is 4.51. The minimum atomic E-state index is -0.0335. The fourth-order valence-electron chi connectivity index (χ4n) is 3.16. The van der Waals surface area contributed by atoms with Crippen LogP contribution in [-0.2, 0) is 13.0 Å². The van der Waals surface area contributed by atoms with Crippen LogP contribution in [-0.4, -0.2) is 22.3 Å². The summed E-state index contributed by atoms with van der Waals surface area (Å²) < 4.78 is 0. The summed E-state index contributed by atoms with van der Waals surface area (Å²) in [5, 5.41) is 3.90. The third-order valence-corrected chi connectivity index (χ3v) is 4.75. The van der Waals surface area contributed by atoms with E-state index in [1.807, 2.05) is 47.4 Å². The summed E-state index contributed by atoms with van der Waals surface area (Å²) in [6.45, 7) is 1.36. The highest BCUT2D eigenvalue weighted by Gasteiger charge is 2.22. The van der Waals surface area contributed by atoms with Crippen LogP contribution in [0.25, 0.3) is 0 Å². The number of rotatable bonds is 3. The molecule has 1 N–H and O–H groups in total. The molecule has 0 unspecified atom stereocenters. The van der Waals surface area contributed by atoms with E-state index < -0.39 is 0 Å². The molecule has 3 aromatic rings. The van der Waals surface area contributed by atoms with Gasteiger partial charge in [0.1, 0.15) is 5.69 Å². The molecule has 0 aliphatic carbocycles. The zero-order chi connectivity index (χ0) is 17.9. The molecule has 1 aliphatic rings. The number of carbonyl (C=O) groups is 1. The third kappa shape index (κ3) is 3.55. The van der Waals surface area contributed by atoms with Gasteiger partial charge in [-0.1, -0.05) is 41.9 Å². The topological polar surface area (TPSA) is 45.2 Å². The molecule has 1 aromatic heterocycles. The van der Waals surface area contributed by atoms with Gasteiger partial charge in [0.05, 0.1) is 11.9 Å². The quantitative estimate of drug-likeness (QED) is 0.735. The lowest BCUT2D eigenvalue weighted by atomic mass is 10.00. The summed E-state index contributed by atoms with van der Waals surface area (Å²) in [5.41, 5.74) is 4.69. The van der Waals surface area contributed by atoms with Crippen molar-refractivity contribution in [2.24, 2.45) is 0 Å². The first-order valence-corrected chi connectivity index (χ1v) is 8.91. The Morgan fingerprint density at radius 1 is 1.00 bits per heavy atom. The Balaban J connectivity index is 1.46. The predicted octanol–water partition coefficient (Wildman–Crippen LogP) is 4.68. The average Bonchev–Trinajstić information content (AvgIpc) is 2.68. The number of anilines is 2. The SMILES string of the molecule is O=C(c1ccc(Nc2cccc(Cl)c2)cn1)N1CCc2ccccc2C1. The number of halogens is 1. The first kappa shape index (κ1) is 16.6. The molecular formula is C21H18ClN3O. The predicted molar refractivity (Wildman–Crippen MR) is 104 cm³/mol. The summed E-state index contributed by atoms with van der Waals surface area (Å²) in [6.07, 6.45) is 2.56. The van der Waals surface area contributed by atoms with Crippen molar-refractivity contribution in [3.8, 4) is 0 Å². The Morgan fingerprint density at radius 2 is 1.85 bits per heavy atom. The van der Waals surface area contributed by atoms with Gasteiger partial charge in [0, 0.05) is 23.8 Å². The molecule has 0 saturated carbocycles. The van der Waals surface area contributed by atoms with Crippen molar-refractivity contribution in [2.75, 3.05) is 11.9 Å². The van der Waals surface area contributed by atoms with Crippen LogP contribution < -0.4 is 5.32 Å². The number of aromatic nitrogens is 1. The number of hydrogen-bond donors (Lipinski definition) is 1. The van der Waals surface area contributed by atoms with Crippen LogP contribution in [0, 0.1) is 0 Å². The molecule has 0 fully saturated rings. The number of hydrogen-bond acceptors (Lipinski definition) is 3. The number of fused-ring (bicyclic) bond motifs is 1. The molecule has 1 aliphatic heterocycles. The molecule has 5 heteroatoms. The number of nitrogens with zero attached hydrogens (tertiary/aromatic N) is 2. The van der Waals surface area contributed by atoms with Crippen molar-refractivity contribution in [2.45, 2.75) is 13.0 Å². The van der Waals surface area contributed by atoms with Gasteiger partial charge in [-0.2, -0.15) is 0 Å². The average molecular weight is 364 g/mol. The highest BCUT2D eigenvalue weighted by atomic mass is 35.5. The number of nitrogens with one attached hydrogen (secondary N) is 1. The van der Waals surface area contributed by atoms with E-state index in [1.165, 1.54) is 11.1 Å². The van der Waals surface area contributed by atoms with E-state index >= 15 is 0 Å². The van der Waals surface area contributed by atoms with Gasteiger partial charge in [0.25, 0.3) is 5.91 Å². The number of benzene rings is 2. The van der Waals surface area contributed by atoms with E-state index in [0.29, 0.717) is 17.3 Å². The Hall–Kier alpha value is -2.85. The molecule has 2 aromatic carbocycles. The van der Waals surface area contributed by atoms with Gasteiger partial charge in [-0.3, -0.25) is 4.79 Å². The molecule has 26 heavy (non-hydrogen) atoms. The van der Waals surface area contributed by atoms with Gasteiger partial charge in [-0.25, -0.2) is 4.98 Å². The fourth-order valence-corrected chi connectivity index (χ4v) is 3.35. The monoisotopic (exact) mass is 363 g/mol. The minimum absolute atomic E-state index is 0.0335. The van der Waals surface area contributed by atoms with E-state index in [2.05, 4.69) is 22.4 Å². The maximum Gasteiger partial charge on any atom is 0.272 e. The molecule has 2 heterocycles. The summed E-state index contributed by atoms with van der Waals surface area (Å²) in [7, 11) is 0.